The predicted octanol–water partition coefficient (Wildman–Crippen LogP) is 2.10. The van der Waals surface area contributed by atoms with Crippen LogP contribution in [-0.4, -0.2) is 56.6 Å². The van der Waals surface area contributed by atoms with Crippen LogP contribution in [0.4, 0.5) is 10.2 Å². The van der Waals surface area contributed by atoms with Gasteiger partial charge in [-0.15, -0.1) is 0 Å². The molecule has 39 heavy (non-hydrogen) atoms. The van der Waals surface area contributed by atoms with Gasteiger partial charge in [-0.1, -0.05) is 6.07 Å². The van der Waals surface area contributed by atoms with Crippen LogP contribution in [0.5, 0.6) is 0 Å². The largest absolute Gasteiger partial charge is 0.383 e. The summed E-state index contributed by atoms with van der Waals surface area (Å²) in [5, 5.41) is 11.2. The molecule has 0 saturated carbocycles. The topological polar surface area (TPSA) is 145 Å². The standard InChI is InChI=1S/C28H24FN7O3/c29-25-19(4-3-18-20(25)14-36(28(18)39)23-7-8-24(37)34-27(23)38)22-6-2-16(26(31)33-22)11-35-12-17(13-35)21-5-1-15(9-30)10-32-21/h1-6,10,17,23H,7-8,11-14H2,(H2,31,33)(H,34,37,38). The fourth-order valence-electron chi connectivity index (χ4n) is 5.43. The minimum absolute atomic E-state index is 0.0576. The first kappa shape index (κ1) is 24.6. The Hall–Kier alpha value is -4.69. The molecule has 3 aromatic rings. The number of nitrogens with two attached hydrogens (primary N) is 1. The summed E-state index contributed by atoms with van der Waals surface area (Å²) in [5.74, 6) is -1.34. The predicted molar refractivity (Wildman–Crippen MR) is 137 cm³/mol. The van der Waals surface area contributed by atoms with Gasteiger partial charge in [0.15, 0.2) is 0 Å². The first-order valence-electron chi connectivity index (χ1n) is 12.6. The Morgan fingerprint density at radius 2 is 1.90 bits per heavy atom. The number of anilines is 1. The quantitative estimate of drug-likeness (QED) is 0.482. The van der Waals surface area contributed by atoms with Gasteiger partial charge in [0.1, 0.15) is 23.7 Å². The lowest BCUT2D eigenvalue weighted by atomic mass is 9.94. The number of piperidine rings is 1. The van der Waals surface area contributed by atoms with Crippen molar-refractivity contribution in [3.05, 3.63) is 76.4 Å². The average molecular weight is 526 g/mol. The molecule has 2 fully saturated rings. The van der Waals surface area contributed by atoms with Crippen LogP contribution in [-0.2, 0) is 22.7 Å². The number of hydrogen-bond acceptors (Lipinski definition) is 8. The molecule has 2 saturated heterocycles. The monoisotopic (exact) mass is 525 g/mol. The van der Waals surface area contributed by atoms with Crippen molar-refractivity contribution in [3.63, 3.8) is 0 Å². The molecule has 0 radical (unpaired) electrons. The maximum atomic E-state index is 15.6. The van der Waals surface area contributed by atoms with Gasteiger partial charge < -0.3 is 10.6 Å². The maximum Gasteiger partial charge on any atom is 0.255 e. The van der Waals surface area contributed by atoms with E-state index in [-0.39, 0.29) is 47.9 Å². The second-order valence-electron chi connectivity index (χ2n) is 10.1. The van der Waals surface area contributed by atoms with Crippen molar-refractivity contribution in [2.24, 2.45) is 0 Å². The zero-order chi connectivity index (χ0) is 27.3. The van der Waals surface area contributed by atoms with Crippen LogP contribution in [0.25, 0.3) is 11.3 Å². The van der Waals surface area contributed by atoms with E-state index < -0.39 is 23.7 Å². The number of nitrogens with one attached hydrogen (secondary N) is 1. The maximum absolute atomic E-state index is 15.6. The van der Waals surface area contributed by atoms with E-state index in [2.05, 4.69) is 26.3 Å². The molecule has 3 amide bonds. The Kier molecular flexibility index (Phi) is 6.04. The van der Waals surface area contributed by atoms with E-state index in [1.807, 2.05) is 12.1 Å². The molecule has 0 bridgehead atoms. The lowest BCUT2D eigenvalue weighted by Crippen LogP contribution is -2.52. The number of fused-ring (bicyclic) bond motifs is 1. The van der Waals surface area contributed by atoms with Crippen molar-refractivity contribution in [2.75, 3.05) is 18.8 Å². The highest BCUT2D eigenvalue weighted by Crippen LogP contribution is 2.35. The van der Waals surface area contributed by atoms with Crippen LogP contribution < -0.4 is 11.1 Å². The molecular formula is C28H24FN7O3. The van der Waals surface area contributed by atoms with Gasteiger partial charge in [0.25, 0.3) is 5.91 Å². The van der Waals surface area contributed by atoms with E-state index >= 15 is 4.39 Å². The smallest absolute Gasteiger partial charge is 0.255 e. The number of hydrogen-bond donors (Lipinski definition) is 2. The van der Waals surface area contributed by atoms with E-state index in [1.54, 1.807) is 24.4 Å². The zero-order valence-corrected chi connectivity index (χ0v) is 20.9. The minimum atomic E-state index is -0.813. The minimum Gasteiger partial charge on any atom is -0.383 e. The fraction of sp³-hybridized carbons (Fsp3) is 0.286. The van der Waals surface area contributed by atoms with Gasteiger partial charge in [-0.3, -0.25) is 29.6 Å². The molecule has 196 valence electrons. The zero-order valence-electron chi connectivity index (χ0n) is 20.9. The summed E-state index contributed by atoms with van der Waals surface area (Å²) in [4.78, 5) is 49.1. The first-order valence-corrected chi connectivity index (χ1v) is 12.6. The summed E-state index contributed by atoms with van der Waals surface area (Å²) in [6.45, 7) is 2.14. The van der Waals surface area contributed by atoms with Crippen LogP contribution in [0.1, 0.15) is 51.5 Å². The number of likely N-dealkylation sites (tertiary alicyclic amines) is 1. The van der Waals surface area contributed by atoms with Crippen LogP contribution in [0, 0.1) is 17.1 Å². The van der Waals surface area contributed by atoms with Gasteiger partial charge in [-0.05, 0) is 36.8 Å². The number of carbonyl (C=O) groups excluding carboxylic acids is 3. The number of pyridine rings is 2. The lowest BCUT2D eigenvalue weighted by Gasteiger charge is -2.39. The van der Waals surface area contributed by atoms with Crippen molar-refractivity contribution in [1.29, 1.82) is 5.26 Å². The third kappa shape index (κ3) is 4.38. The molecule has 0 aliphatic carbocycles. The molecule has 2 aromatic heterocycles. The molecule has 3 N–H and O–H groups in total. The summed E-state index contributed by atoms with van der Waals surface area (Å²) in [6.07, 6.45) is 1.92. The number of nitrogens with zero attached hydrogens (tertiary/aromatic N) is 5. The molecule has 6 rings (SSSR count). The number of benzene rings is 1. The normalized spacial score (nSPS) is 19.4. The molecular weight excluding hydrogens is 501 g/mol. The molecule has 3 aliphatic heterocycles. The molecule has 1 atom stereocenters. The van der Waals surface area contributed by atoms with Crippen LogP contribution in [0.2, 0.25) is 0 Å². The molecule has 1 unspecified atom stereocenters. The highest BCUT2D eigenvalue weighted by atomic mass is 19.1. The van der Waals surface area contributed by atoms with Crippen LogP contribution >= 0.6 is 0 Å². The number of halogens is 1. The van der Waals surface area contributed by atoms with Crippen LogP contribution in [0.3, 0.4) is 0 Å². The summed E-state index contributed by atoms with van der Waals surface area (Å²) in [7, 11) is 0. The third-order valence-corrected chi connectivity index (χ3v) is 7.62. The second-order valence-corrected chi connectivity index (χ2v) is 10.1. The Balaban J connectivity index is 1.15. The number of nitriles is 1. The van der Waals surface area contributed by atoms with Gasteiger partial charge >= 0.3 is 0 Å². The number of aromatic nitrogens is 2. The molecule has 5 heterocycles. The van der Waals surface area contributed by atoms with Crippen molar-refractivity contribution >= 4 is 23.5 Å². The van der Waals surface area contributed by atoms with E-state index in [9.17, 15) is 14.4 Å². The number of nitrogen functional groups attached to an aromatic ring is 1. The Morgan fingerprint density at radius 1 is 1.10 bits per heavy atom. The summed E-state index contributed by atoms with van der Waals surface area (Å²) in [5.41, 5.74) is 9.55. The van der Waals surface area contributed by atoms with Crippen molar-refractivity contribution in [2.45, 2.75) is 37.9 Å². The second kappa shape index (κ2) is 9.56. The van der Waals surface area contributed by atoms with Gasteiger partial charge in [0.05, 0.1) is 17.8 Å². The van der Waals surface area contributed by atoms with Crippen LogP contribution in [0.15, 0.2) is 42.6 Å². The third-order valence-electron chi connectivity index (χ3n) is 7.62. The summed E-state index contributed by atoms with van der Waals surface area (Å²) in [6, 6.07) is 11.5. The SMILES string of the molecule is N#Cc1ccc(C2CN(Cc3ccc(-c4ccc5c(c4F)CN(C4CCC(=O)NC4=O)C5=O)nc3N)C2)nc1. The van der Waals surface area contributed by atoms with Crippen molar-refractivity contribution in [1.82, 2.24) is 25.1 Å². The van der Waals surface area contributed by atoms with Gasteiger partial charge in [0.2, 0.25) is 11.8 Å². The Labute approximate surface area is 223 Å². The highest BCUT2D eigenvalue weighted by molar-refractivity contribution is 6.05. The fourth-order valence-corrected chi connectivity index (χ4v) is 5.43. The first-order chi connectivity index (χ1) is 18.8. The summed E-state index contributed by atoms with van der Waals surface area (Å²) >= 11 is 0. The van der Waals surface area contributed by atoms with E-state index in [1.165, 1.54) is 11.0 Å². The highest BCUT2D eigenvalue weighted by Gasteiger charge is 2.40. The summed E-state index contributed by atoms with van der Waals surface area (Å²) < 4.78 is 15.6. The molecule has 1 aromatic carbocycles. The average Bonchev–Trinajstić information content (AvgIpc) is 3.24. The van der Waals surface area contributed by atoms with Gasteiger partial charge in [-0.2, -0.15) is 5.26 Å². The number of carbonyl (C=O) groups is 3. The van der Waals surface area contributed by atoms with E-state index in [4.69, 9.17) is 11.0 Å². The molecule has 3 aliphatic rings. The van der Waals surface area contributed by atoms with Gasteiger partial charge in [0, 0.05) is 66.1 Å². The van der Waals surface area contributed by atoms with Gasteiger partial charge in [-0.25, -0.2) is 9.37 Å². The van der Waals surface area contributed by atoms with E-state index in [0.29, 0.717) is 23.6 Å². The lowest BCUT2D eigenvalue weighted by molar-refractivity contribution is -0.136. The number of amides is 3. The Bertz CT molecular complexity index is 1560. The number of imide groups is 1. The molecule has 11 heteroatoms. The molecule has 0 spiro atoms. The number of rotatable bonds is 5. The van der Waals surface area contributed by atoms with Crippen molar-refractivity contribution < 1.29 is 18.8 Å². The molecule has 10 nitrogen and oxygen atoms in total. The Morgan fingerprint density at radius 3 is 2.59 bits per heavy atom. The van der Waals surface area contributed by atoms with E-state index in [0.717, 1.165) is 24.3 Å². The van der Waals surface area contributed by atoms with Crippen molar-refractivity contribution in [3.8, 4) is 17.3 Å².